The van der Waals surface area contributed by atoms with E-state index in [0.717, 1.165) is 28.2 Å². The van der Waals surface area contributed by atoms with Gasteiger partial charge in [-0.2, -0.15) is 0 Å². The van der Waals surface area contributed by atoms with Gasteiger partial charge in [-0.05, 0) is 42.0 Å². The number of benzene rings is 4. The molecule has 0 aliphatic rings. The number of anilines is 1. The third kappa shape index (κ3) is 6.72. The highest BCUT2D eigenvalue weighted by molar-refractivity contribution is 6.12. The molecule has 0 spiro atoms. The standard InChI is InChI=1S/C33H31N3O5.ClH/c1-36-30-20-25(39-2)17-18-28(30)35-31(36)21-41-24-15-13-22(14-16-24)19-29(33(38)40-3)34-27-12-8-7-11-26(27)32(37)23-9-5-4-6-10-23;/h4-18,20,29,34H,19,21H2,1-3H3;1H. The topological polar surface area (TPSA) is 91.7 Å². The van der Waals surface area contributed by atoms with Crippen LogP contribution < -0.4 is 14.8 Å². The van der Waals surface area contributed by atoms with Crippen LogP contribution in [0.1, 0.15) is 27.3 Å². The maximum absolute atomic E-state index is 13.2. The summed E-state index contributed by atoms with van der Waals surface area (Å²) in [4.78, 5) is 30.6. The van der Waals surface area contributed by atoms with Gasteiger partial charge in [-0.1, -0.05) is 54.6 Å². The Balaban J connectivity index is 0.00000405. The van der Waals surface area contributed by atoms with Crippen molar-refractivity contribution in [2.75, 3.05) is 19.5 Å². The number of aromatic nitrogens is 2. The lowest BCUT2D eigenvalue weighted by Gasteiger charge is -2.20. The Labute approximate surface area is 250 Å². The van der Waals surface area contributed by atoms with Gasteiger partial charge in [-0.3, -0.25) is 4.79 Å². The number of nitrogens with one attached hydrogen (secondary N) is 1. The minimum absolute atomic E-state index is 0. The van der Waals surface area contributed by atoms with Crippen LogP contribution in [0, 0.1) is 0 Å². The molecule has 0 amide bonds. The van der Waals surface area contributed by atoms with Crippen molar-refractivity contribution in [1.82, 2.24) is 9.55 Å². The Morgan fingerprint density at radius 1 is 0.881 bits per heavy atom. The predicted octanol–water partition coefficient (Wildman–Crippen LogP) is 6.01. The number of carbonyl (C=O) groups excluding carboxylic acids is 2. The normalized spacial score (nSPS) is 11.3. The zero-order valence-electron chi connectivity index (χ0n) is 23.6. The van der Waals surface area contributed by atoms with Gasteiger partial charge < -0.3 is 24.1 Å². The summed E-state index contributed by atoms with van der Waals surface area (Å²) in [6, 6.07) is 28.8. The molecule has 216 valence electrons. The van der Waals surface area contributed by atoms with Crippen LogP contribution >= 0.6 is 12.4 Å². The van der Waals surface area contributed by atoms with E-state index in [-0.39, 0.29) is 18.2 Å². The van der Waals surface area contributed by atoms with Gasteiger partial charge in [-0.15, -0.1) is 12.4 Å². The zero-order valence-corrected chi connectivity index (χ0v) is 24.4. The van der Waals surface area contributed by atoms with E-state index in [1.165, 1.54) is 7.11 Å². The largest absolute Gasteiger partial charge is 0.497 e. The molecule has 0 aliphatic heterocycles. The van der Waals surface area contributed by atoms with Gasteiger partial charge >= 0.3 is 5.97 Å². The highest BCUT2D eigenvalue weighted by Gasteiger charge is 2.22. The van der Waals surface area contributed by atoms with E-state index >= 15 is 0 Å². The van der Waals surface area contributed by atoms with Crippen LogP contribution in [0.15, 0.2) is 97.1 Å². The lowest BCUT2D eigenvalue weighted by molar-refractivity contribution is -0.141. The van der Waals surface area contributed by atoms with Crippen LogP contribution in [0.2, 0.25) is 0 Å². The molecule has 1 N–H and O–H groups in total. The minimum atomic E-state index is -0.700. The number of rotatable bonds is 11. The fraction of sp³-hybridized carbons (Fsp3) is 0.182. The van der Waals surface area contributed by atoms with Crippen molar-refractivity contribution in [3.63, 3.8) is 0 Å². The molecule has 1 aromatic heterocycles. The number of ether oxygens (including phenoxy) is 3. The molecule has 1 unspecified atom stereocenters. The van der Waals surface area contributed by atoms with Gasteiger partial charge in [0.05, 0.1) is 25.3 Å². The number of hydrogen-bond donors (Lipinski definition) is 1. The molecule has 9 heteroatoms. The van der Waals surface area contributed by atoms with E-state index in [4.69, 9.17) is 14.2 Å². The number of fused-ring (bicyclic) bond motifs is 1. The predicted molar refractivity (Wildman–Crippen MR) is 165 cm³/mol. The quantitative estimate of drug-likeness (QED) is 0.150. The van der Waals surface area contributed by atoms with Crippen molar-refractivity contribution in [3.05, 3.63) is 120 Å². The van der Waals surface area contributed by atoms with E-state index in [2.05, 4.69) is 10.3 Å². The SMILES string of the molecule is COC(=O)C(Cc1ccc(OCc2nc3ccc(OC)cc3n2C)cc1)Nc1ccccc1C(=O)c1ccccc1.Cl. The number of aryl methyl sites for hydroxylation is 1. The number of nitrogens with zero attached hydrogens (tertiary/aromatic N) is 2. The van der Waals surface area contributed by atoms with Gasteiger partial charge in [0.15, 0.2) is 5.78 Å². The second kappa shape index (κ2) is 13.7. The monoisotopic (exact) mass is 585 g/mol. The summed E-state index contributed by atoms with van der Waals surface area (Å²) in [5, 5.41) is 3.24. The maximum Gasteiger partial charge on any atom is 0.328 e. The highest BCUT2D eigenvalue weighted by atomic mass is 35.5. The molecule has 8 nitrogen and oxygen atoms in total. The number of methoxy groups -OCH3 is 2. The van der Waals surface area contributed by atoms with Crippen molar-refractivity contribution < 1.29 is 23.8 Å². The molecule has 0 radical (unpaired) electrons. The van der Waals surface area contributed by atoms with Crippen molar-refractivity contribution >= 4 is 40.9 Å². The number of para-hydroxylation sites is 1. The first-order chi connectivity index (χ1) is 20.0. The molecule has 0 saturated heterocycles. The van der Waals surface area contributed by atoms with Crippen LogP contribution in [0.4, 0.5) is 5.69 Å². The summed E-state index contributed by atoms with van der Waals surface area (Å²) in [5.41, 5.74) is 4.36. The Bertz CT molecular complexity index is 1670. The molecule has 1 atom stereocenters. The fourth-order valence-corrected chi connectivity index (χ4v) is 4.66. The van der Waals surface area contributed by atoms with Gasteiger partial charge in [0.1, 0.15) is 30.0 Å². The van der Waals surface area contributed by atoms with E-state index in [1.807, 2.05) is 78.3 Å². The summed E-state index contributed by atoms with van der Waals surface area (Å²) in [7, 11) is 4.94. The van der Waals surface area contributed by atoms with Crippen LogP contribution in [0.3, 0.4) is 0 Å². The molecule has 0 bridgehead atoms. The molecule has 4 aromatic carbocycles. The Morgan fingerprint density at radius 2 is 1.57 bits per heavy atom. The second-order valence-electron chi connectivity index (χ2n) is 9.54. The van der Waals surface area contributed by atoms with Gasteiger partial charge in [0, 0.05) is 36.3 Å². The second-order valence-corrected chi connectivity index (χ2v) is 9.54. The lowest BCUT2D eigenvalue weighted by atomic mass is 10.00. The minimum Gasteiger partial charge on any atom is -0.497 e. The van der Waals surface area contributed by atoms with E-state index < -0.39 is 12.0 Å². The first kappa shape index (κ1) is 30.1. The highest BCUT2D eigenvalue weighted by Crippen LogP contribution is 2.24. The molecule has 42 heavy (non-hydrogen) atoms. The van der Waals surface area contributed by atoms with Crippen LogP contribution in [0.25, 0.3) is 11.0 Å². The number of esters is 1. The lowest BCUT2D eigenvalue weighted by Crippen LogP contribution is -2.33. The summed E-state index contributed by atoms with van der Waals surface area (Å²) in [6.07, 6.45) is 0.355. The van der Waals surface area contributed by atoms with E-state index in [0.29, 0.717) is 35.6 Å². The third-order valence-electron chi connectivity index (χ3n) is 6.93. The smallest absolute Gasteiger partial charge is 0.328 e. The molecular formula is C33H32ClN3O5. The first-order valence-corrected chi connectivity index (χ1v) is 13.2. The average Bonchev–Trinajstić information content (AvgIpc) is 3.34. The maximum atomic E-state index is 13.2. The van der Waals surface area contributed by atoms with Crippen molar-refractivity contribution in [2.45, 2.75) is 19.1 Å². The molecule has 5 aromatic rings. The zero-order chi connectivity index (χ0) is 28.8. The van der Waals surface area contributed by atoms with Gasteiger partial charge in [-0.25, -0.2) is 9.78 Å². The van der Waals surface area contributed by atoms with Gasteiger partial charge in [0.25, 0.3) is 0 Å². The average molecular weight is 586 g/mol. The first-order valence-electron chi connectivity index (χ1n) is 13.2. The van der Waals surface area contributed by atoms with Crippen LogP contribution in [-0.4, -0.2) is 41.6 Å². The number of imidazole rings is 1. The van der Waals surface area contributed by atoms with Crippen molar-refractivity contribution in [2.24, 2.45) is 7.05 Å². The Morgan fingerprint density at radius 3 is 2.29 bits per heavy atom. The number of carbonyl (C=O) groups is 2. The molecule has 0 fully saturated rings. The summed E-state index contributed by atoms with van der Waals surface area (Å²) >= 11 is 0. The Kier molecular flexibility index (Phi) is 9.83. The van der Waals surface area contributed by atoms with Crippen LogP contribution in [-0.2, 0) is 29.6 Å². The summed E-state index contributed by atoms with van der Waals surface area (Å²) < 4.78 is 18.4. The van der Waals surface area contributed by atoms with Crippen molar-refractivity contribution in [1.29, 1.82) is 0 Å². The molecular weight excluding hydrogens is 554 g/mol. The fourth-order valence-electron chi connectivity index (χ4n) is 4.66. The molecule has 5 rings (SSSR count). The summed E-state index contributed by atoms with van der Waals surface area (Å²) in [5.74, 6) is 1.69. The van der Waals surface area contributed by atoms with E-state index in [1.54, 1.807) is 37.4 Å². The Hall–Kier alpha value is -4.82. The van der Waals surface area contributed by atoms with E-state index in [9.17, 15) is 9.59 Å². The molecule has 1 heterocycles. The number of ketones is 1. The number of hydrogen-bond acceptors (Lipinski definition) is 7. The van der Waals surface area contributed by atoms with Crippen LogP contribution in [0.5, 0.6) is 11.5 Å². The van der Waals surface area contributed by atoms with Gasteiger partial charge in [0.2, 0.25) is 0 Å². The third-order valence-corrected chi connectivity index (χ3v) is 6.93. The summed E-state index contributed by atoms with van der Waals surface area (Å²) in [6.45, 7) is 0.297. The molecule has 0 saturated carbocycles. The molecule has 0 aliphatic carbocycles. The van der Waals surface area contributed by atoms with Crippen molar-refractivity contribution in [3.8, 4) is 11.5 Å². The number of halogens is 1.